The minimum absolute atomic E-state index is 0.166. The quantitative estimate of drug-likeness (QED) is 0.875. The molecule has 0 bridgehead atoms. The van der Waals surface area contributed by atoms with Gasteiger partial charge >= 0.3 is 0 Å². The van der Waals surface area contributed by atoms with E-state index in [9.17, 15) is 9.90 Å². The minimum atomic E-state index is -1.39. The third-order valence-corrected chi connectivity index (χ3v) is 4.30. The summed E-state index contributed by atoms with van der Waals surface area (Å²) in [5.74, 6) is -0.500. The van der Waals surface area contributed by atoms with Crippen molar-refractivity contribution in [1.82, 2.24) is 10.2 Å². The number of alkyl halides is 2. The third-order valence-electron chi connectivity index (χ3n) is 2.58. The number of anilines is 1. The highest BCUT2D eigenvalue weighted by Gasteiger charge is 2.26. The predicted molar refractivity (Wildman–Crippen MR) is 79.2 cm³/mol. The first-order valence-electron chi connectivity index (χ1n) is 5.63. The molecule has 0 saturated heterocycles. The number of hydrogen-bond acceptors (Lipinski definition) is 5. The summed E-state index contributed by atoms with van der Waals surface area (Å²) < 4.78 is 0. The van der Waals surface area contributed by atoms with E-state index in [0.717, 1.165) is 11.3 Å². The molecule has 0 saturated carbocycles. The van der Waals surface area contributed by atoms with E-state index in [1.807, 2.05) is 6.07 Å². The van der Waals surface area contributed by atoms with Gasteiger partial charge in [0.1, 0.15) is 0 Å². The SMILES string of the molecule is CN(C(=O)C(O)c1nnc(C(Cl)Cl)s1)c1ccccc1. The molecule has 5 nitrogen and oxygen atoms in total. The molecule has 1 N–H and O–H groups in total. The smallest absolute Gasteiger partial charge is 0.262 e. The predicted octanol–water partition coefficient (Wildman–Crippen LogP) is 2.71. The Balaban J connectivity index is 2.15. The summed E-state index contributed by atoms with van der Waals surface area (Å²) in [6.45, 7) is 0. The van der Waals surface area contributed by atoms with Crippen LogP contribution in [0.4, 0.5) is 5.69 Å². The largest absolute Gasteiger partial charge is 0.376 e. The number of para-hydroxylation sites is 1. The van der Waals surface area contributed by atoms with Crippen LogP contribution in [-0.2, 0) is 4.79 Å². The monoisotopic (exact) mass is 331 g/mol. The lowest BCUT2D eigenvalue weighted by molar-refractivity contribution is -0.126. The summed E-state index contributed by atoms with van der Waals surface area (Å²) in [5, 5.41) is 18.0. The maximum atomic E-state index is 12.2. The number of hydrogen-bond donors (Lipinski definition) is 1. The maximum absolute atomic E-state index is 12.2. The number of aliphatic hydroxyl groups excluding tert-OH is 1. The fourth-order valence-electron chi connectivity index (χ4n) is 1.51. The van der Waals surface area contributed by atoms with Gasteiger partial charge in [0.15, 0.2) is 21.0 Å². The highest BCUT2D eigenvalue weighted by molar-refractivity contribution is 7.12. The van der Waals surface area contributed by atoms with Crippen molar-refractivity contribution < 1.29 is 9.90 Å². The van der Waals surface area contributed by atoms with Gasteiger partial charge in [-0.1, -0.05) is 52.7 Å². The van der Waals surface area contributed by atoms with Gasteiger partial charge in [-0.05, 0) is 12.1 Å². The van der Waals surface area contributed by atoms with E-state index in [4.69, 9.17) is 23.2 Å². The van der Waals surface area contributed by atoms with Gasteiger partial charge in [-0.15, -0.1) is 10.2 Å². The lowest BCUT2D eigenvalue weighted by Gasteiger charge is -2.19. The number of halogens is 2. The van der Waals surface area contributed by atoms with E-state index in [-0.39, 0.29) is 5.01 Å². The van der Waals surface area contributed by atoms with Gasteiger partial charge in [0, 0.05) is 12.7 Å². The maximum Gasteiger partial charge on any atom is 0.262 e. The Morgan fingerprint density at radius 3 is 2.40 bits per heavy atom. The van der Waals surface area contributed by atoms with Gasteiger partial charge in [-0.3, -0.25) is 4.79 Å². The summed E-state index contributed by atoms with van der Waals surface area (Å²) in [5.41, 5.74) is 0.675. The molecule has 1 aromatic heterocycles. The number of likely N-dealkylation sites (N-methyl/N-ethyl adjacent to an activating group) is 1. The van der Waals surface area contributed by atoms with E-state index in [1.165, 1.54) is 4.90 Å². The Morgan fingerprint density at radius 1 is 1.25 bits per heavy atom. The summed E-state index contributed by atoms with van der Waals surface area (Å²) in [6.07, 6.45) is -1.39. The zero-order chi connectivity index (χ0) is 14.7. The van der Waals surface area contributed by atoms with Crippen LogP contribution in [0.3, 0.4) is 0 Å². The minimum Gasteiger partial charge on any atom is -0.376 e. The first-order chi connectivity index (χ1) is 9.50. The van der Waals surface area contributed by atoms with Crippen molar-refractivity contribution in [3.05, 3.63) is 40.3 Å². The molecule has 2 aromatic rings. The second kappa shape index (κ2) is 6.49. The first kappa shape index (κ1) is 15.2. The summed E-state index contributed by atoms with van der Waals surface area (Å²) in [4.78, 5) is 12.7. The number of aromatic nitrogens is 2. The van der Waals surface area contributed by atoms with Crippen LogP contribution in [0.15, 0.2) is 30.3 Å². The van der Waals surface area contributed by atoms with Crippen LogP contribution >= 0.6 is 34.5 Å². The van der Waals surface area contributed by atoms with Gasteiger partial charge in [-0.25, -0.2) is 0 Å². The third kappa shape index (κ3) is 3.27. The zero-order valence-corrected chi connectivity index (χ0v) is 12.7. The lowest BCUT2D eigenvalue weighted by atomic mass is 10.2. The molecule has 1 amide bonds. The molecule has 0 spiro atoms. The normalized spacial score (nSPS) is 12.4. The average Bonchev–Trinajstić information content (AvgIpc) is 2.96. The van der Waals surface area contributed by atoms with E-state index < -0.39 is 16.8 Å². The van der Waals surface area contributed by atoms with Crippen LogP contribution in [0.5, 0.6) is 0 Å². The van der Waals surface area contributed by atoms with Crippen molar-refractivity contribution in [3.63, 3.8) is 0 Å². The van der Waals surface area contributed by atoms with Crippen LogP contribution in [0.25, 0.3) is 0 Å². The first-order valence-corrected chi connectivity index (χ1v) is 7.31. The Morgan fingerprint density at radius 2 is 1.85 bits per heavy atom. The van der Waals surface area contributed by atoms with Crippen molar-refractivity contribution in [2.75, 3.05) is 11.9 Å². The second-order valence-corrected chi connectivity index (χ2v) is 6.05. The van der Waals surface area contributed by atoms with Crippen LogP contribution < -0.4 is 4.90 Å². The van der Waals surface area contributed by atoms with Gasteiger partial charge in [0.05, 0.1) is 0 Å². The van der Waals surface area contributed by atoms with Crippen molar-refractivity contribution in [2.24, 2.45) is 0 Å². The van der Waals surface area contributed by atoms with Crippen LogP contribution in [0.2, 0.25) is 0 Å². The molecule has 20 heavy (non-hydrogen) atoms. The van der Waals surface area contributed by atoms with Gasteiger partial charge in [-0.2, -0.15) is 0 Å². The Kier molecular flexibility index (Phi) is 4.93. The molecule has 1 unspecified atom stereocenters. The van der Waals surface area contributed by atoms with Gasteiger partial charge < -0.3 is 10.0 Å². The zero-order valence-electron chi connectivity index (χ0n) is 10.4. The summed E-state index contributed by atoms with van der Waals surface area (Å²) >= 11 is 12.3. The standard InChI is InChI=1S/C12H11Cl2N3O2S/c1-17(7-5-3-2-4-6-7)12(19)8(18)10-15-16-11(20-10)9(13)14/h2-6,8-9,18H,1H3. The molecule has 1 atom stereocenters. The topological polar surface area (TPSA) is 66.3 Å². The van der Waals surface area contributed by atoms with Crippen LogP contribution in [0, 0.1) is 0 Å². The molecule has 0 fully saturated rings. The Bertz CT molecular complexity index is 591. The van der Waals surface area contributed by atoms with E-state index in [1.54, 1.807) is 31.3 Å². The number of rotatable bonds is 4. The number of amides is 1. The van der Waals surface area contributed by atoms with Crippen LogP contribution in [-0.4, -0.2) is 28.3 Å². The molecule has 0 aliphatic carbocycles. The number of aliphatic hydroxyl groups is 1. The number of benzene rings is 1. The second-order valence-electron chi connectivity index (χ2n) is 3.91. The fourth-order valence-corrected chi connectivity index (χ4v) is 2.55. The molecule has 0 aliphatic heterocycles. The number of carbonyl (C=O) groups is 1. The molecule has 1 aromatic carbocycles. The fraction of sp³-hybridized carbons (Fsp3) is 0.250. The molecule has 1 heterocycles. The summed E-state index contributed by atoms with van der Waals surface area (Å²) in [7, 11) is 1.58. The average molecular weight is 332 g/mol. The molecule has 0 radical (unpaired) electrons. The van der Waals surface area contributed by atoms with Crippen LogP contribution in [0.1, 0.15) is 21.0 Å². The Labute approximate surface area is 129 Å². The van der Waals surface area contributed by atoms with Crippen molar-refractivity contribution in [3.8, 4) is 0 Å². The molecule has 2 rings (SSSR count). The van der Waals surface area contributed by atoms with Gasteiger partial charge in [0.2, 0.25) is 0 Å². The molecule has 0 aliphatic rings. The molecule has 106 valence electrons. The highest BCUT2D eigenvalue weighted by atomic mass is 35.5. The van der Waals surface area contributed by atoms with E-state index >= 15 is 0 Å². The van der Waals surface area contributed by atoms with Crippen molar-refractivity contribution >= 4 is 46.1 Å². The lowest BCUT2D eigenvalue weighted by Crippen LogP contribution is -2.31. The summed E-state index contributed by atoms with van der Waals surface area (Å²) in [6, 6.07) is 8.99. The van der Waals surface area contributed by atoms with E-state index in [0.29, 0.717) is 10.7 Å². The number of carbonyl (C=O) groups excluding carboxylic acids is 1. The highest BCUT2D eigenvalue weighted by Crippen LogP contribution is 2.30. The van der Waals surface area contributed by atoms with Crippen molar-refractivity contribution in [1.29, 1.82) is 0 Å². The number of nitrogens with zero attached hydrogens (tertiary/aromatic N) is 3. The Hall–Kier alpha value is -1.21. The molecular weight excluding hydrogens is 321 g/mol. The van der Waals surface area contributed by atoms with Gasteiger partial charge in [0.25, 0.3) is 5.91 Å². The van der Waals surface area contributed by atoms with Crippen molar-refractivity contribution in [2.45, 2.75) is 10.9 Å². The molecular formula is C12H11Cl2N3O2S. The van der Waals surface area contributed by atoms with E-state index in [2.05, 4.69) is 10.2 Å². The molecule has 8 heteroatoms.